The topological polar surface area (TPSA) is 63.7 Å². The molecule has 0 N–H and O–H groups in total. The van der Waals surface area contributed by atoms with Crippen molar-refractivity contribution in [2.24, 2.45) is 0 Å². The van der Waals surface area contributed by atoms with Crippen molar-refractivity contribution in [2.75, 3.05) is 23.0 Å². The lowest BCUT2D eigenvalue weighted by Gasteiger charge is -2.31. The maximum Gasteiger partial charge on any atom is 0.414 e. The van der Waals surface area contributed by atoms with E-state index in [4.69, 9.17) is 16.3 Å². The third kappa shape index (κ3) is 3.46. The first-order chi connectivity index (χ1) is 11.6. The second-order valence-corrected chi connectivity index (χ2v) is 9.14. The molecule has 2 aliphatic heterocycles. The molecule has 0 aliphatic carbocycles. The minimum atomic E-state index is -3.30. The molecule has 0 unspecified atom stereocenters. The van der Waals surface area contributed by atoms with Crippen molar-refractivity contribution in [3.8, 4) is 0 Å². The number of hydrogen-bond donors (Lipinski definition) is 0. The smallest absolute Gasteiger partial charge is 0.414 e. The highest BCUT2D eigenvalue weighted by Crippen LogP contribution is 2.44. The molecule has 1 atom stereocenters. The summed E-state index contributed by atoms with van der Waals surface area (Å²) in [4.78, 5) is 13.1. The Balaban J connectivity index is 1.93. The summed E-state index contributed by atoms with van der Waals surface area (Å²) in [6.45, 7) is 2.13. The van der Waals surface area contributed by atoms with Gasteiger partial charge in [-0.1, -0.05) is 18.5 Å². The predicted molar refractivity (Wildman–Crippen MR) is 90.0 cm³/mol. The van der Waals surface area contributed by atoms with Crippen molar-refractivity contribution in [3.63, 3.8) is 0 Å². The fraction of sp³-hybridized carbons (Fsp3) is 0.562. The third-order valence-corrected chi connectivity index (χ3v) is 6.69. The van der Waals surface area contributed by atoms with Crippen LogP contribution >= 0.6 is 11.6 Å². The number of amides is 1. The van der Waals surface area contributed by atoms with Crippen molar-refractivity contribution < 1.29 is 26.7 Å². The Kier molecular flexibility index (Phi) is 4.70. The van der Waals surface area contributed by atoms with Crippen molar-refractivity contribution in [1.82, 2.24) is 0 Å². The van der Waals surface area contributed by atoms with Gasteiger partial charge in [0.2, 0.25) is 0 Å². The number of carbonyl (C=O) groups is 1. The minimum absolute atomic E-state index is 0.162. The molecule has 1 amide bonds. The number of cyclic esters (lactones) is 1. The summed E-state index contributed by atoms with van der Waals surface area (Å²) in [6, 6.07) is 2.37. The molecule has 2 heterocycles. The average molecular weight is 394 g/mol. The number of alkyl halides is 1. The average Bonchev–Trinajstić information content (AvgIpc) is 2.91. The van der Waals surface area contributed by atoms with E-state index in [9.17, 15) is 17.6 Å². The maximum absolute atomic E-state index is 15.2. The molecule has 9 heteroatoms. The first-order valence-electron chi connectivity index (χ1n) is 8.02. The van der Waals surface area contributed by atoms with Crippen LogP contribution in [0.15, 0.2) is 12.1 Å². The molecule has 2 aliphatic rings. The highest BCUT2D eigenvalue weighted by atomic mass is 35.5. The molecule has 1 aromatic rings. The van der Waals surface area contributed by atoms with Crippen LogP contribution in [0.2, 0.25) is 5.02 Å². The van der Waals surface area contributed by atoms with E-state index in [0.717, 1.165) is 6.07 Å². The third-order valence-electron chi connectivity index (χ3n) is 4.73. The van der Waals surface area contributed by atoms with Gasteiger partial charge in [0.25, 0.3) is 0 Å². The van der Waals surface area contributed by atoms with Crippen LogP contribution in [0.25, 0.3) is 0 Å². The molecular formula is C16H18ClF2NO4S. The van der Waals surface area contributed by atoms with Gasteiger partial charge in [0.15, 0.2) is 9.84 Å². The molecule has 0 aromatic heterocycles. The number of hydrogen-bond acceptors (Lipinski definition) is 4. The second-order valence-electron chi connectivity index (χ2n) is 6.43. The molecule has 0 saturated carbocycles. The van der Waals surface area contributed by atoms with Crippen molar-refractivity contribution in [3.05, 3.63) is 28.5 Å². The van der Waals surface area contributed by atoms with Crippen LogP contribution < -0.4 is 4.90 Å². The molecule has 0 radical (unpaired) electrons. The molecule has 138 valence electrons. The van der Waals surface area contributed by atoms with Gasteiger partial charge in [-0.2, -0.15) is 0 Å². The quantitative estimate of drug-likeness (QED) is 0.787. The molecule has 0 spiro atoms. The summed E-state index contributed by atoms with van der Waals surface area (Å²) in [5, 5.41) is -0.162. The van der Waals surface area contributed by atoms with Crippen molar-refractivity contribution in [2.45, 2.75) is 38.0 Å². The van der Waals surface area contributed by atoms with E-state index < -0.39 is 27.4 Å². The number of halogens is 3. The van der Waals surface area contributed by atoms with Crippen LogP contribution in [0.4, 0.5) is 19.3 Å². The van der Waals surface area contributed by atoms with Gasteiger partial charge in [0, 0.05) is 5.56 Å². The number of anilines is 1. The van der Waals surface area contributed by atoms with E-state index in [1.54, 1.807) is 0 Å². The zero-order valence-electron chi connectivity index (χ0n) is 13.6. The van der Waals surface area contributed by atoms with Crippen molar-refractivity contribution in [1.29, 1.82) is 0 Å². The number of benzene rings is 1. The lowest BCUT2D eigenvalue weighted by molar-refractivity contribution is 0.139. The Morgan fingerprint density at radius 2 is 2.00 bits per heavy atom. The van der Waals surface area contributed by atoms with Crippen LogP contribution in [0.5, 0.6) is 0 Å². The molecule has 2 fully saturated rings. The van der Waals surface area contributed by atoms with Crippen LogP contribution in [0.1, 0.15) is 31.7 Å². The highest BCUT2D eigenvalue weighted by molar-refractivity contribution is 7.91. The molecule has 25 heavy (non-hydrogen) atoms. The Morgan fingerprint density at radius 1 is 1.36 bits per heavy atom. The van der Waals surface area contributed by atoms with E-state index in [0.29, 0.717) is 6.42 Å². The summed E-state index contributed by atoms with van der Waals surface area (Å²) < 4.78 is 58.0. The van der Waals surface area contributed by atoms with Crippen LogP contribution in [-0.2, 0) is 20.2 Å². The lowest BCUT2D eigenvalue weighted by Crippen LogP contribution is -2.34. The largest absolute Gasteiger partial charge is 0.444 e. The fourth-order valence-electron chi connectivity index (χ4n) is 3.20. The Labute approximate surface area is 149 Å². The second kappa shape index (κ2) is 6.39. The summed E-state index contributed by atoms with van der Waals surface area (Å²) >= 11 is 6.12. The molecule has 3 rings (SSSR count). The minimum Gasteiger partial charge on any atom is -0.444 e. The Hall–Kier alpha value is -1.41. The summed E-state index contributed by atoms with van der Waals surface area (Å²) in [5.41, 5.74) is -2.28. The molecule has 1 aromatic carbocycles. The van der Waals surface area contributed by atoms with Crippen LogP contribution in [0.3, 0.4) is 0 Å². The zero-order chi connectivity index (χ0) is 18.4. The SMILES string of the molecule is CC[C@H]1CN(c2cc(F)c(C3(F)CCS(=O)(=O)CC3)c(Cl)c2)C(=O)O1. The maximum atomic E-state index is 15.2. The predicted octanol–water partition coefficient (Wildman–Crippen LogP) is 3.59. The standard InChI is InChI=1S/C16H18ClF2NO4S/c1-2-11-9-20(15(21)24-11)10-7-12(17)14(13(18)8-10)16(19)3-5-25(22,23)6-4-16/h7-8,11H,2-6,9H2,1H3/t11-/m0/s1. The van der Waals surface area contributed by atoms with Gasteiger partial charge < -0.3 is 4.74 Å². The van der Waals surface area contributed by atoms with Gasteiger partial charge in [0.05, 0.1) is 28.8 Å². The first kappa shape index (κ1) is 18.4. The summed E-state index contributed by atoms with van der Waals surface area (Å²) in [7, 11) is -3.30. The monoisotopic (exact) mass is 393 g/mol. The highest BCUT2D eigenvalue weighted by Gasteiger charge is 2.43. The van der Waals surface area contributed by atoms with Gasteiger partial charge in [-0.25, -0.2) is 22.0 Å². The van der Waals surface area contributed by atoms with Crippen molar-refractivity contribution >= 4 is 33.2 Å². The number of ether oxygens (including phenoxy) is 1. The molecule has 2 saturated heterocycles. The number of nitrogens with zero attached hydrogens (tertiary/aromatic N) is 1. The molecule has 5 nitrogen and oxygen atoms in total. The van der Waals surface area contributed by atoms with Gasteiger partial charge in [-0.15, -0.1) is 0 Å². The number of rotatable bonds is 3. The van der Waals surface area contributed by atoms with Gasteiger partial charge in [0.1, 0.15) is 17.6 Å². The van der Waals surface area contributed by atoms with E-state index >= 15 is 4.39 Å². The van der Waals surface area contributed by atoms with Crippen LogP contribution in [-0.4, -0.2) is 38.7 Å². The normalized spacial score (nSPS) is 25.0. The first-order valence-corrected chi connectivity index (χ1v) is 10.2. The van der Waals surface area contributed by atoms with Gasteiger partial charge in [-0.3, -0.25) is 4.90 Å². The molecule has 0 bridgehead atoms. The van der Waals surface area contributed by atoms with E-state index in [2.05, 4.69) is 0 Å². The Morgan fingerprint density at radius 3 is 2.52 bits per heavy atom. The van der Waals surface area contributed by atoms with E-state index in [1.807, 2.05) is 6.92 Å². The fourth-order valence-corrected chi connectivity index (χ4v) is 5.04. The Bertz CT molecular complexity index is 777. The summed E-state index contributed by atoms with van der Waals surface area (Å²) in [6.07, 6.45) is -0.943. The zero-order valence-corrected chi connectivity index (χ0v) is 15.2. The molecular weight excluding hydrogens is 376 g/mol. The lowest BCUT2D eigenvalue weighted by atomic mass is 9.89. The number of carbonyl (C=O) groups excluding carboxylic acids is 1. The van der Waals surface area contributed by atoms with Gasteiger partial charge >= 0.3 is 6.09 Å². The van der Waals surface area contributed by atoms with Crippen LogP contribution in [0, 0.1) is 5.82 Å². The summed E-state index contributed by atoms with van der Waals surface area (Å²) in [5.74, 6) is -1.59. The van der Waals surface area contributed by atoms with E-state index in [-0.39, 0.29) is 53.3 Å². The number of sulfone groups is 1. The van der Waals surface area contributed by atoms with E-state index in [1.165, 1.54) is 11.0 Å². The van der Waals surface area contributed by atoms with Gasteiger partial charge in [-0.05, 0) is 31.4 Å².